The van der Waals surface area contributed by atoms with Gasteiger partial charge in [0, 0.05) is 19.2 Å². The van der Waals surface area contributed by atoms with Gasteiger partial charge in [-0.25, -0.2) is 0 Å². The largest absolute Gasteiger partial charge is 0.493 e. The summed E-state index contributed by atoms with van der Waals surface area (Å²) in [6, 6.07) is 11.3. The summed E-state index contributed by atoms with van der Waals surface area (Å²) in [5, 5.41) is 2.72. The van der Waals surface area contributed by atoms with Crippen LogP contribution in [0.3, 0.4) is 0 Å². The number of amides is 1. The Morgan fingerprint density at radius 1 is 1.07 bits per heavy atom. The van der Waals surface area contributed by atoms with Crippen LogP contribution in [0.15, 0.2) is 42.5 Å². The van der Waals surface area contributed by atoms with Crippen molar-refractivity contribution in [3.8, 4) is 17.2 Å². The van der Waals surface area contributed by atoms with Gasteiger partial charge in [-0.15, -0.1) is 0 Å². The number of ether oxygens (including phenoxy) is 4. The molecule has 8 heteroatoms. The van der Waals surface area contributed by atoms with Gasteiger partial charge >= 0.3 is 6.61 Å². The van der Waals surface area contributed by atoms with Crippen molar-refractivity contribution < 1.29 is 32.5 Å². The highest BCUT2D eigenvalue weighted by Crippen LogP contribution is 2.29. The van der Waals surface area contributed by atoms with Gasteiger partial charge in [-0.3, -0.25) is 4.79 Å². The first kappa shape index (κ1) is 20.4. The first-order valence-corrected chi connectivity index (χ1v) is 8.15. The van der Waals surface area contributed by atoms with E-state index in [1.165, 1.54) is 19.2 Å². The standard InChI is InChI=1S/C19H21F2NO5/c1-24-8-9-26-15-5-3-4-14(11-15)18(23)22-12-13-6-7-16(25-2)17(10-13)27-19(20)21/h3-7,10-11,19H,8-9,12H2,1-2H3,(H,22,23). The number of benzene rings is 2. The van der Waals surface area contributed by atoms with Gasteiger partial charge in [0.25, 0.3) is 5.91 Å². The van der Waals surface area contributed by atoms with E-state index in [2.05, 4.69) is 10.1 Å². The van der Waals surface area contributed by atoms with E-state index in [0.29, 0.717) is 30.1 Å². The summed E-state index contributed by atoms with van der Waals surface area (Å²) in [7, 11) is 2.93. The smallest absolute Gasteiger partial charge is 0.387 e. The molecule has 27 heavy (non-hydrogen) atoms. The second kappa shape index (κ2) is 10.3. The van der Waals surface area contributed by atoms with Crippen molar-refractivity contribution in [2.45, 2.75) is 13.2 Å². The summed E-state index contributed by atoms with van der Waals surface area (Å²) >= 11 is 0. The molecule has 0 fully saturated rings. The summed E-state index contributed by atoms with van der Waals surface area (Å²) in [6.07, 6.45) is 0. The molecule has 0 spiro atoms. The molecule has 0 unspecified atom stereocenters. The molecular formula is C19H21F2NO5. The third kappa shape index (κ3) is 6.41. The molecule has 0 saturated carbocycles. The highest BCUT2D eigenvalue weighted by molar-refractivity contribution is 5.94. The zero-order chi connectivity index (χ0) is 19.6. The molecule has 6 nitrogen and oxygen atoms in total. The third-order valence-electron chi connectivity index (χ3n) is 3.55. The summed E-state index contributed by atoms with van der Waals surface area (Å²) in [5.74, 6) is 0.329. The molecular weight excluding hydrogens is 360 g/mol. The minimum Gasteiger partial charge on any atom is -0.493 e. The van der Waals surface area contributed by atoms with E-state index in [-0.39, 0.29) is 24.0 Å². The third-order valence-corrected chi connectivity index (χ3v) is 3.55. The van der Waals surface area contributed by atoms with Gasteiger partial charge in [0.2, 0.25) is 0 Å². The van der Waals surface area contributed by atoms with Crippen molar-refractivity contribution in [3.05, 3.63) is 53.6 Å². The van der Waals surface area contributed by atoms with Crippen LogP contribution < -0.4 is 19.5 Å². The first-order chi connectivity index (χ1) is 13.0. The molecule has 0 aliphatic carbocycles. The second-order valence-corrected chi connectivity index (χ2v) is 5.42. The number of methoxy groups -OCH3 is 2. The zero-order valence-corrected chi connectivity index (χ0v) is 15.0. The highest BCUT2D eigenvalue weighted by atomic mass is 19.3. The average molecular weight is 381 g/mol. The summed E-state index contributed by atoms with van der Waals surface area (Å²) < 4.78 is 44.8. The van der Waals surface area contributed by atoms with E-state index in [4.69, 9.17) is 14.2 Å². The molecule has 0 atom stereocenters. The van der Waals surface area contributed by atoms with Crippen LogP contribution in [0.1, 0.15) is 15.9 Å². The Morgan fingerprint density at radius 2 is 1.89 bits per heavy atom. The van der Waals surface area contributed by atoms with E-state index < -0.39 is 6.61 Å². The number of rotatable bonds is 10. The maximum Gasteiger partial charge on any atom is 0.387 e. The molecule has 0 radical (unpaired) electrons. The lowest BCUT2D eigenvalue weighted by Crippen LogP contribution is -2.22. The van der Waals surface area contributed by atoms with Gasteiger partial charge in [0.15, 0.2) is 11.5 Å². The molecule has 2 aromatic carbocycles. The van der Waals surface area contributed by atoms with Crippen LogP contribution in [0.4, 0.5) is 8.78 Å². The van der Waals surface area contributed by atoms with E-state index in [1.807, 2.05) is 0 Å². The van der Waals surface area contributed by atoms with Crippen molar-refractivity contribution in [3.63, 3.8) is 0 Å². The lowest BCUT2D eigenvalue weighted by atomic mass is 10.1. The molecule has 146 valence electrons. The Bertz CT molecular complexity index is 755. The van der Waals surface area contributed by atoms with Gasteiger partial charge in [-0.1, -0.05) is 12.1 Å². The number of carbonyl (C=O) groups excluding carboxylic acids is 1. The molecule has 0 aliphatic heterocycles. The predicted molar refractivity (Wildman–Crippen MR) is 94.6 cm³/mol. The lowest BCUT2D eigenvalue weighted by molar-refractivity contribution is -0.0512. The van der Waals surface area contributed by atoms with Crippen LogP contribution in [0, 0.1) is 0 Å². The Balaban J connectivity index is 1.99. The Hall–Kier alpha value is -2.87. The van der Waals surface area contributed by atoms with Gasteiger partial charge in [0.05, 0.1) is 13.7 Å². The maximum atomic E-state index is 12.5. The Kier molecular flexibility index (Phi) is 7.81. The second-order valence-electron chi connectivity index (χ2n) is 5.42. The fraction of sp³-hybridized carbons (Fsp3) is 0.316. The van der Waals surface area contributed by atoms with E-state index in [0.717, 1.165) is 0 Å². The summed E-state index contributed by atoms with van der Waals surface area (Å²) in [6.45, 7) is -2.02. The molecule has 0 aromatic heterocycles. The van der Waals surface area contributed by atoms with Gasteiger partial charge < -0.3 is 24.3 Å². The van der Waals surface area contributed by atoms with Crippen LogP contribution in [0.5, 0.6) is 17.2 Å². The van der Waals surface area contributed by atoms with Gasteiger partial charge in [-0.05, 0) is 35.9 Å². The topological polar surface area (TPSA) is 66.0 Å². The van der Waals surface area contributed by atoms with E-state index in [1.54, 1.807) is 37.4 Å². The molecule has 0 aliphatic rings. The van der Waals surface area contributed by atoms with Crippen molar-refractivity contribution >= 4 is 5.91 Å². The number of halogens is 2. The summed E-state index contributed by atoms with van der Waals surface area (Å²) in [5.41, 5.74) is 1.01. The molecule has 2 aromatic rings. The first-order valence-electron chi connectivity index (χ1n) is 8.15. The van der Waals surface area contributed by atoms with E-state index in [9.17, 15) is 13.6 Å². The van der Waals surface area contributed by atoms with Crippen LogP contribution in [0.25, 0.3) is 0 Å². The monoisotopic (exact) mass is 381 g/mol. The SMILES string of the molecule is COCCOc1cccc(C(=O)NCc2ccc(OC)c(OC(F)F)c2)c1. The van der Waals surface area contributed by atoms with E-state index >= 15 is 0 Å². The fourth-order valence-electron chi connectivity index (χ4n) is 2.27. The van der Waals surface area contributed by atoms with Crippen LogP contribution >= 0.6 is 0 Å². The van der Waals surface area contributed by atoms with Crippen molar-refractivity contribution in [1.29, 1.82) is 0 Å². The zero-order valence-electron chi connectivity index (χ0n) is 15.0. The van der Waals surface area contributed by atoms with Crippen molar-refractivity contribution in [2.24, 2.45) is 0 Å². The molecule has 2 rings (SSSR count). The summed E-state index contributed by atoms with van der Waals surface area (Å²) in [4.78, 5) is 12.3. The number of hydrogen-bond donors (Lipinski definition) is 1. The number of nitrogens with one attached hydrogen (secondary N) is 1. The quantitative estimate of drug-likeness (QED) is 0.640. The van der Waals surface area contributed by atoms with Crippen LogP contribution in [-0.2, 0) is 11.3 Å². The van der Waals surface area contributed by atoms with Crippen LogP contribution in [-0.4, -0.2) is 40.0 Å². The fourth-order valence-corrected chi connectivity index (χ4v) is 2.27. The molecule has 0 bridgehead atoms. The molecule has 0 heterocycles. The molecule has 0 saturated heterocycles. The maximum absolute atomic E-state index is 12.5. The minimum atomic E-state index is -2.97. The average Bonchev–Trinajstić information content (AvgIpc) is 2.66. The van der Waals surface area contributed by atoms with Crippen LogP contribution in [0.2, 0.25) is 0 Å². The van der Waals surface area contributed by atoms with Gasteiger partial charge in [0.1, 0.15) is 12.4 Å². The number of alkyl halides is 2. The Morgan fingerprint density at radius 3 is 2.59 bits per heavy atom. The Labute approximate surface area is 156 Å². The predicted octanol–water partition coefficient (Wildman–Crippen LogP) is 3.25. The number of hydrogen-bond acceptors (Lipinski definition) is 5. The minimum absolute atomic E-state index is 0.0900. The molecule has 1 N–H and O–H groups in total. The van der Waals surface area contributed by atoms with Gasteiger partial charge in [-0.2, -0.15) is 8.78 Å². The number of carbonyl (C=O) groups is 1. The van der Waals surface area contributed by atoms with Crippen molar-refractivity contribution in [1.82, 2.24) is 5.32 Å². The normalized spacial score (nSPS) is 10.6. The molecule has 1 amide bonds. The lowest BCUT2D eigenvalue weighted by Gasteiger charge is -2.12. The highest BCUT2D eigenvalue weighted by Gasteiger charge is 2.12. The van der Waals surface area contributed by atoms with Crippen molar-refractivity contribution in [2.75, 3.05) is 27.4 Å².